The highest BCUT2D eigenvalue weighted by molar-refractivity contribution is 7.89. The number of aliphatic hydroxyl groups excluding tert-OH is 1. The molecule has 114 valence electrons. The van der Waals surface area contributed by atoms with Gasteiger partial charge in [-0.05, 0) is 38.5 Å². The van der Waals surface area contributed by atoms with E-state index < -0.39 is 16.1 Å². The molecule has 1 aromatic rings. The van der Waals surface area contributed by atoms with E-state index in [1.165, 1.54) is 12.1 Å². The Morgan fingerprint density at radius 3 is 2.55 bits per heavy atom. The first-order chi connectivity index (χ1) is 9.26. The zero-order valence-corrected chi connectivity index (χ0v) is 12.9. The van der Waals surface area contributed by atoms with Gasteiger partial charge in [0, 0.05) is 12.6 Å². The summed E-state index contributed by atoms with van der Waals surface area (Å²) in [7, 11) is -3.50. The van der Waals surface area contributed by atoms with Crippen LogP contribution in [0.3, 0.4) is 0 Å². The van der Waals surface area contributed by atoms with Gasteiger partial charge < -0.3 is 16.2 Å². The number of nitrogen functional groups attached to an aromatic ring is 1. The molecule has 20 heavy (non-hydrogen) atoms. The van der Waals surface area contributed by atoms with Gasteiger partial charge in [-0.25, -0.2) is 13.1 Å². The van der Waals surface area contributed by atoms with Gasteiger partial charge in [-0.1, -0.05) is 6.92 Å². The molecule has 2 unspecified atom stereocenters. The van der Waals surface area contributed by atoms with Gasteiger partial charge in [0.25, 0.3) is 0 Å². The topological polar surface area (TPSA) is 104 Å². The van der Waals surface area contributed by atoms with Crippen molar-refractivity contribution in [3.05, 3.63) is 18.2 Å². The molecule has 1 aromatic carbocycles. The van der Waals surface area contributed by atoms with Crippen LogP contribution >= 0.6 is 0 Å². The predicted molar refractivity (Wildman–Crippen MR) is 81.1 cm³/mol. The second-order valence-electron chi connectivity index (χ2n) is 4.88. The highest BCUT2D eigenvalue weighted by Gasteiger charge is 2.15. The van der Waals surface area contributed by atoms with Crippen LogP contribution in [0.25, 0.3) is 0 Å². The Hall–Kier alpha value is -1.31. The average Bonchev–Trinajstić information content (AvgIpc) is 2.30. The molecule has 0 aromatic heterocycles. The maximum absolute atomic E-state index is 11.9. The molecular formula is C13H23N3O3S. The molecule has 6 nitrogen and oxygen atoms in total. The number of nitrogens with one attached hydrogen (secondary N) is 2. The second kappa shape index (κ2) is 6.92. The van der Waals surface area contributed by atoms with Crippen molar-refractivity contribution < 1.29 is 13.5 Å². The lowest BCUT2D eigenvalue weighted by Gasteiger charge is -2.19. The lowest BCUT2D eigenvalue weighted by Crippen LogP contribution is -2.24. The summed E-state index contributed by atoms with van der Waals surface area (Å²) in [5, 5.41) is 12.5. The zero-order chi connectivity index (χ0) is 15.3. The molecule has 5 N–H and O–H groups in total. The standard InChI is InChI=1S/C13H23N3O3S/c1-4-15-20(18,19)11-5-6-12(14)13(8-11)16-9(2)7-10(3)17/h5-6,8-10,15-17H,4,7,14H2,1-3H3. The molecule has 0 amide bonds. The molecule has 0 aliphatic heterocycles. The molecule has 0 bridgehead atoms. The Balaban J connectivity index is 2.98. The van der Waals surface area contributed by atoms with Crippen molar-refractivity contribution in [3.8, 4) is 0 Å². The van der Waals surface area contributed by atoms with E-state index in [9.17, 15) is 13.5 Å². The molecule has 0 saturated carbocycles. The summed E-state index contributed by atoms with van der Waals surface area (Å²) in [4.78, 5) is 0.167. The third kappa shape index (κ3) is 4.66. The van der Waals surface area contributed by atoms with Gasteiger partial charge in [0.15, 0.2) is 0 Å². The van der Waals surface area contributed by atoms with Crippen LogP contribution in [-0.4, -0.2) is 32.2 Å². The Labute approximate surface area is 120 Å². The number of nitrogens with two attached hydrogens (primary N) is 1. The van der Waals surface area contributed by atoms with Gasteiger partial charge in [0.05, 0.1) is 22.4 Å². The van der Waals surface area contributed by atoms with Crippen molar-refractivity contribution in [2.24, 2.45) is 0 Å². The Morgan fingerprint density at radius 2 is 2.00 bits per heavy atom. The van der Waals surface area contributed by atoms with Gasteiger partial charge >= 0.3 is 0 Å². The first kappa shape index (κ1) is 16.7. The van der Waals surface area contributed by atoms with E-state index in [2.05, 4.69) is 10.0 Å². The first-order valence-corrected chi connectivity index (χ1v) is 8.08. The van der Waals surface area contributed by atoms with Crippen molar-refractivity contribution in [2.75, 3.05) is 17.6 Å². The molecule has 0 fully saturated rings. The fourth-order valence-corrected chi connectivity index (χ4v) is 3.00. The van der Waals surface area contributed by atoms with Crippen LogP contribution in [0.5, 0.6) is 0 Å². The highest BCUT2D eigenvalue weighted by atomic mass is 32.2. The quantitative estimate of drug-likeness (QED) is 0.565. The Bertz CT molecular complexity index is 544. The average molecular weight is 301 g/mol. The van der Waals surface area contributed by atoms with Gasteiger partial charge in [-0.15, -0.1) is 0 Å². The number of aliphatic hydroxyl groups is 1. The molecule has 0 heterocycles. The van der Waals surface area contributed by atoms with Crippen LogP contribution in [0.15, 0.2) is 23.1 Å². The fraction of sp³-hybridized carbons (Fsp3) is 0.538. The van der Waals surface area contributed by atoms with Gasteiger partial charge in [-0.3, -0.25) is 0 Å². The maximum atomic E-state index is 11.9. The van der Waals surface area contributed by atoms with Crippen molar-refractivity contribution in [2.45, 2.75) is 44.2 Å². The number of rotatable bonds is 7. The van der Waals surface area contributed by atoms with E-state index in [0.29, 0.717) is 24.3 Å². The van der Waals surface area contributed by atoms with Crippen molar-refractivity contribution in [1.29, 1.82) is 0 Å². The lowest BCUT2D eigenvalue weighted by atomic mass is 10.1. The van der Waals surface area contributed by atoms with E-state index in [4.69, 9.17) is 5.73 Å². The predicted octanol–water partition coefficient (Wildman–Crippen LogP) is 1.14. The Kier molecular flexibility index (Phi) is 5.79. The van der Waals surface area contributed by atoms with E-state index in [0.717, 1.165) is 0 Å². The SMILES string of the molecule is CCNS(=O)(=O)c1ccc(N)c(NC(C)CC(C)O)c1. The van der Waals surface area contributed by atoms with Gasteiger partial charge in [-0.2, -0.15) is 0 Å². The monoisotopic (exact) mass is 301 g/mol. The summed E-state index contributed by atoms with van der Waals surface area (Å²) in [6, 6.07) is 4.51. The molecule has 0 radical (unpaired) electrons. The fourth-order valence-electron chi connectivity index (χ4n) is 1.94. The summed E-state index contributed by atoms with van der Waals surface area (Å²) >= 11 is 0. The number of hydrogen-bond donors (Lipinski definition) is 4. The number of sulfonamides is 1. The minimum absolute atomic E-state index is 0.0191. The van der Waals surface area contributed by atoms with E-state index >= 15 is 0 Å². The number of anilines is 2. The van der Waals surface area contributed by atoms with Crippen molar-refractivity contribution in [1.82, 2.24) is 4.72 Å². The Morgan fingerprint density at radius 1 is 1.35 bits per heavy atom. The van der Waals surface area contributed by atoms with Crippen LogP contribution in [-0.2, 0) is 10.0 Å². The molecule has 0 aliphatic carbocycles. The molecule has 0 aliphatic rings. The molecule has 1 rings (SSSR count). The molecule has 7 heteroatoms. The van der Waals surface area contributed by atoms with Gasteiger partial charge in [0.1, 0.15) is 0 Å². The lowest BCUT2D eigenvalue weighted by molar-refractivity contribution is 0.179. The van der Waals surface area contributed by atoms with Crippen LogP contribution in [0, 0.1) is 0 Å². The summed E-state index contributed by atoms with van der Waals surface area (Å²) in [6.07, 6.45) is 0.108. The number of hydrogen-bond acceptors (Lipinski definition) is 5. The summed E-state index contributed by atoms with van der Waals surface area (Å²) in [6.45, 7) is 5.65. The second-order valence-corrected chi connectivity index (χ2v) is 6.65. The smallest absolute Gasteiger partial charge is 0.240 e. The molecule has 0 saturated heterocycles. The largest absolute Gasteiger partial charge is 0.397 e. The summed E-state index contributed by atoms with van der Waals surface area (Å²) in [5.74, 6) is 0. The third-order valence-corrected chi connectivity index (χ3v) is 4.31. The zero-order valence-electron chi connectivity index (χ0n) is 12.1. The molecule has 0 spiro atoms. The van der Waals surface area contributed by atoms with Crippen molar-refractivity contribution in [3.63, 3.8) is 0 Å². The van der Waals surface area contributed by atoms with Crippen LogP contribution in [0.1, 0.15) is 27.2 Å². The van der Waals surface area contributed by atoms with Crippen molar-refractivity contribution >= 4 is 21.4 Å². The normalized spacial score (nSPS) is 14.8. The summed E-state index contributed by atoms with van der Waals surface area (Å²) in [5.41, 5.74) is 6.87. The minimum atomic E-state index is -3.50. The molecule has 2 atom stereocenters. The minimum Gasteiger partial charge on any atom is -0.397 e. The van der Waals surface area contributed by atoms with Crippen LogP contribution < -0.4 is 15.8 Å². The third-order valence-electron chi connectivity index (χ3n) is 2.77. The van der Waals surface area contributed by atoms with Crippen LogP contribution in [0.2, 0.25) is 0 Å². The first-order valence-electron chi connectivity index (χ1n) is 6.60. The van der Waals surface area contributed by atoms with Crippen LogP contribution in [0.4, 0.5) is 11.4 Å². The van der Waals surface area contributed by atoms with Gasteiger partial charge in [0.2, 0.25) is 10.0 Å². The van der Waals surface area contributed by atoms with E-state index in [-0.39, 0.29) is 10.9 Å². The van der Waals surface area contributed by atoms with E-state index in [1.54, 1.807) is 19.9 Å². The maximum Gasteiger partial charge on any atom is 0.240 e. The highest BCUT2D eigenvalue weighted by Crippen LogP contribution is 2.24. The molecular weight excluding hydrogens is 278 g/mol. The van der Waals surface area contributed by atoms with E-state index in [1.807, 2.05) is 6.92 Å². The summed E-state index contributed by atoms with van der Waals surface area (Å²) < 4.78 is 26.3. The number of benzene rings is 1.